The van der Waals surface area contributed by atoms with Crippen LogP contribution < -0.4 is 0 Å². The van der Waals surface area contributed by atoms with Crippen LogP contribution in [-0.2, 0) is 10.8 Å². The van der Waals surface area contributed by atoms with Gasteiger partial charge in [0.1, 0.15) is 0 Å². The molecule has 8 aromatic rings. The molecule has 2 aromatic heterocycles. The lowest BCUT2D eigenvalue weighted by atomic mass is 9.79. The summed E-state index contributed by atoms with van der Waals surface area (Å²) in [6.07, 6.45) is 0. The van der Waals surface area contributed by atoms with Crippen molar-refractivity contribution < 1.29 is 0 Å². The van der Waals surface area contributed by atoms with Crippen molar-refractivity contribution in [2.75, 3.05) is 0 Å². The Morgan fingerprint density at radius 1 is 0.468 bits per heavy atom. The van der Waals surface area contributed by atoms with Gasteiger partial charge in [-0.25, -0.2) is 9.97 Å². The van der Waals surface area contributed by atoms with E-state index < -0.39 is 0 Å². The number of nitrogens with zero attached hydrogens (tertiary/aromatic N) is 3. The lowest BCUT2D eigenvalue weighted by Crippen LogP contribution is -2.16. The molecule has 3 heteroatoms. The van der Waals surface area contributed by atoms with Crippen molar-refractivity contribution in [2.45, 2.75) is 38.5 Å². The molecule has 0 atom stereocenters. The molecule has 0 saturated carbocycles. The molecule has 224 valence electrons. The van der Waals surface area contributed by atoms with Crippen LogP contribution in [-0.4, -0.2) is 14.5 Å². The van der Waals surface area contributed by atoms with Gasteiger partial charge in [0.25, 0.3) is 0 Å². The smallest absolute Gasteiger partial charge is 0.235 e. The number of rotatable bonds is 2. The van der Waals surface area contributed by atoms with E-state index in [-0.39, 0.29) is 10.8 Å². The van der Waals surface area contributed by atoms with E-state index in [1.54, 1.807) is 0 Å². The number of para-hydroxylation sites is 2. The van der Waals surface area contributed by atoms with Crippen LogP contribution in [0.1, 0.15) is 49.9 Å². The maximum atomic E-state index is 5.59. The second kappa shape index (κ2) is 9.04. The van der Waals surface area contributed by atoms with Gasteiger partial charge in [-0.15, -0.1) is 0 Å². The van der Waals surface area contributed by atoms with Crippen molar-refractivity contribution >= 4 is 32.7 Å². The largest absolute Gasteiger partial charge is 0.277 e. The first-order chi connectivity index (χ1) is 22.9. The molecular weight excluding hydrogens is 571 g/mol. The van der Waals surface area contributed by atoms with E-state index in [0.29, 0.717) is 5.95 Å². The molecule has 0 amide bonds. The number of aromatic nitrogens is 3. The molecule has 6 aromatic carbocycles. The van der Waals surface area contributed by atoms with Gasteiger partial charge in [0, 0.05) is 38.1 Å². The summed E-state index contributed by atoms with van der Waals surface area (Å²) in [6.45, 7) is 9.38. The van der Waals surface area contributed by atoms with Crippen LogP contribution in [0.25, 0.3) is 72.2 Å². The van der Waals surface area contributed by atoms with Crippen molar-refractivity contribution in [3.63, 3.8) is 0 Å². The van der Waals surface area contributed by atoms with Crippen LogP contribution in [0.5, 0.6) is 0 Å². The topological polar surface area (TPSA) is 30.7 Å². The van der Waals surface area contributed by atoms with Crippen molar-refractivity contribution in [3.8, 4) is 39.5 Å². The normalized spacial score (nSPS) is 15.1. The third kappa shape index (κ3) is 3.36. The highest BCUT2D eigenvalue weighted by Gasteiger charge is 2.39. The summed E-state index contributed by atoms with van der Waals surface area (Å²) in [7, 11) is 0. The monoisotopic (exact) mass is 603 g/mol. The third-order valence-electron chi connectivity index (χ3n) is 11.0. The molecule has 0 saturated heterocycles. The van der Waals surface area contributed by atoms with Crippen LogP contribution in [0.3, 0.4) is 0 Å². The molecule has 0 bridgehead atoms. The predicted octanol–water partition coefficient (Wildman–Crippen LogP) is 11.0. The summed E-state index contributed by atoms with van der Waals surface area (Å²) in [5.74, 6) is 0.700. The molecule has 0 spiro atoms. The van der Waals surface area contributed by atoms with Crippen molar-refractivity contribution in [3.05, 3.63) is 150 Å². The second-order valence-electron chi connectivity index (χ2n) is 14.2. The maximum absolute atomic E-state index is 5.59. The fourth-order valence-corrected chi connectivity index (χ4v) is 8.86. The number of benzene rings is 6. The Balaban J connectivity index is 1.34. The molecule has 3 nitrogen and oxygen atoms in total. The average molecular weight is 604 g/mol. The van der Waals surface area contributed by atoms with Gasteiger partial charge in [-0.2, -0.15) is 0 Å². The zero-order valence-corrected chi connectivity index (χ0v) is 27.0. The van der Waals surface area contributed by atoms with Gasteiger partial charge in [-0.3, -0.25) is 4.57 Å². The van der Waals surface area contributed by atoms with E-state index in [9.17, 15) is 0 Å². The van der Waals surface area contributed by atoms with Gasteiger partial charge in [0.15, 0.2) is 0 Å². The van der Waals surface area contributed by atoms with Crippen molar-refractivity contribution in [2.24, 2.45) is 0 Å². The van der Waals surface area contributed by atoms with Gasteiger partial charge < -0.3 is 0 Å². The first-order valence-corrected chi connectivity index (χ1v) is 16.5. The van der Waals surface area contributed by atoms with Crippen LogP contribution in [0.4, 0.5) is 0 Å². The minimum Gasteiger partial charge on any atom is -0.277 e. The van der Waals surface area contributed by atoms with Crippen molar-refractivity contribution in [1.29, 1.82) is 0 Å². The Bertz CT molecular complexity index is 2640. The molecule has 2 aliphatic carbocycles. The Kier molecular flexibility index (Phi) is 5.13. The maximum Gasteiger partial charge on any atom is 0.235 e. The van der Waals surface area contributed by atoms with E-state index in [1.807, 2.05) is 0 Å². The Morgan fingerprint density at radius 2 is 1.11 bits per heavy atom. The molecule has 0 radical (unpaired) electrons. The van der Waals surface area contributed by atoms with E-state index in [4.69, 9.17) is 9.97 Å². The third-order valence-corrected chi connectivity index (χ3v) is 11.0. The van der Waals surface area contributed by atoms with Gasteiger partial charge >= 0.3 is 0 Å². The molecule has 2 aliphatic rings. The second-order valence-corrected chi connectivity index (χ2v) is 14.2. The van der Waals surface area contributed by atoms with Gasteiger partial charge in [0.2, 0.25) is 5.95 Å². The van der Waals surface area contributed by atoms with Crippen LogP contribution in [0, 0.1) is 0 Å². The average Bonchev–Trinajstić information content (AvgIpc) is 3.65. The van der Waals surface area contributed by atoms with Gasteiger partial charge in [0.05, 0.1) is 22.2 Å². The van der Waals surface area contributed by atoms with E-state index in [1.165, 1.54) is 66.4 Å². The molecular formula is C44H33N3. The van der Waals surface area contributed by atoms with Crippen LogP contribution in [0.2, 0.25) is 0 Å². The molecule has 10 rings (SSSR count). The van der Waals surface area contributed by atoms with Gasteiger partial charge in [-0.1, -0.05) is 143 Å². The zero-order chi connectivity index (χ0) is 31.7. The van der Waals surface area contributed by atoms with E-state index in [2.05, 4.69) is 160 Å². The Labute approximate surface area is 274 Å². The number of hydrogen-bond donors (Lipinski definition) is 0. The highest BCUT2D eigenvalue weighted by Crippen LogP contribution is 2.54. The minimum atomic E-state index is -0.169. The lowest BCUT2D eigenvalue weighted by molar-refractivity contribution is 0.661. The highest BCUT2D eigenvalue weighted by molar-refractivity contribution is 6.15. The minimum absolute atomic E-state index is 0.109. The van der Waals surface area contributed by atoms with Crippen molar-refractivity contribution in [1.82, 2.24) is 14.5 Å². The summed E-state index contributed by atoms with van der Waals surface area (Å²) in [5, 5.41) is 3.50. The lowest BCUT2D eigenvalue weighted by Gasteiger charge is -2.25. The fourth-order valence-electron chi connectivity index (χ4n) is 8.86. The molecule has 47 heavy (non-hydrogen) atoms. The van der Waals surface area contributed by atoms with Gasteiger partial charge in [-0.05, 0) is 51.1 Å². The Hall–Kier alpha value is -5.54. The summed E-state index contributed by atoms with van der Waals surface area (Å²) < 4.78 is 2.33. The molecule has 0 unspecified atom stereocenters. The highest BCUT2D eigenvalue weighted by atomic mass is 15.2. The van der Waals surface area contributed by atoms with E-state index in [0.717, 1.165) is 22.1 Å². The predicted molar refractivity (Wildman–Crippen MR) is 194 cm³/mol. The first kappa shape index (κ1) is 26.7. The zero-order valence-electron chi connectivity index (χ0n) is 27.0. The summed E-state index contributed by atoms with van der Waals surface area (Å²) in [6, 6.07) is 46.3. The molecule has 0 N–H and O–H groups in total. The summed E-state index contributed by atoms with van der Waals surface area (Å²) in [5.41, 5.74) is 15.7. The number of fused-ring (bicyclic) bond motifs is 11. The quantitative estimate of drug-likeness (QED) is 0.197. The van der Waals surface area contributed by atoms with E-state index >= 15 is 0 Å². The molecule has 0 aliphatic heterocycles. The molecule has 2 heterocycles. The standard InChI is InChI=1S/C44H33N3/c1-43(2)34-21-10-6-16-30(34)38-35(43)25-24-29-27-15-8-12-23-37(27)47(41(29)38)42-45-36-22-11-7-17-31(36)40(46-42)32-19-13-18-28-26-14-5-9-20-33(26)44(3,4)39(28)32/h5-25H,1-4H3. The molecule has 0 fully saturated rings. The van der Waals surface area contributed by atoms with Crippen LogP contribution in [0.15, 0.2) is 127 Å². The first-order valence-electron chi connectivity index (χ1n) is 16.5. The Morgan fingerprint density at radius 3 is 1.94 bits per heavy atom. The van der Waals surface area contributed by atoms with Crippen LogP contribution >= 0.6 is 0 Å². The summed E-state index contributed by atoms with van der Waals surface area (Å²) >= 11 is 0. The number of hydrogen-bond acceptors (Lipinski definition) is 2. The fraction of sp³-hybridized carbons (Fsp3) is 0.136. The SMILES string of the molecule is CC1(C)c2ccccc2-c2c1ccc1c3ccccc3n(-c3nc(-c4cccc5c4C(C)(C)c4ccccc4-5)c4ccccc4n3)c21. The summed E-state index contributed by atoms with van der Waals surface area (Å²) in [4.78, 5) is 10.9.